The predicted octanol–water partition coefficient (Wildman–Crippen LogP) is 2.77. The van der Waals surface area contributed by atoms with Gasteiger partial charge >= 0.3 is 6.18 Å². The molecule has 0 atom stereocenters. The standard InChI is InChI=1S/C15H16F3N3O2/c1-2-21-9-12(8-20-21)14(22)19-7-11-3-5-13(6-4-11)23-10-15(16,17)18/h3-6,8-9H,2,7,10H2,1H3,(H,19,22). The van der Waals surface area contributed by atoms with E-state index < -0.39 is 12.8 Å². The summed E-state index contributed by atoms with van der Waals surface area (Å²) in [5.74, 6) is -0.135. The van der Waals surface area contributed by atoms with Gasteiger partial charge in [0.2, 0.25) is 0 Å². The molecule has 0 saturated carbocycles. The Hall–Kier alpha value is -2.51. The SMILES string of the molecule is CCn1cc(C(=O)NCc2ccc(OCC(F)(F)F)cc2)cn1. The first kappa shape index (κ1) is 16.9. The van der Waals surface area contributed by atoms with Gasteiger partial charge in [-0.3, -0.25) is 9.48 Å². The number of hydrogen-bond acceptors (Lipinski definition) is 3. The fourth-order valence-corrected chi connectivity index (χ4v) is 1.81. The number of carbonyl (C=O) groups is 1. The van der Waals surface area contributed by atoms with E-state index >= 15 is 0 Å². The van der Waals surface area contributed by atoms with Crippen molar-refractivity contribution >= 4 is 5.91 Å². The number of aromatic nitrogens is 2. The molecule has 23 heavy (non-hydrogen) atoms. The van der Waals surface area contributed by atoms with E-state index in [2.05, 4.69) is 15.2 Å². The Kier molecular flexibility index (Phi) is 5.25. The number of alkyl halides is 3. The number of benzene rings is 1. The summed E-state index contributed by atoms with van der Waals surface area (Å²) < 4.78 is 42.4. The summed E-state index contributed by atoms with van der Waals surface area (Å²) in [5.41, 5.74) is 1.21. The molecule has 2 aromatic rings. The maximum atomic E-state index is 12.0. The largest absolute Gasteiger partial charge is 0.484 e. The van der Waals surface area contributed by atoms with Crippen LogP contribution in [0.4, 0.5) is 13.2 Å². The molecular weight excluding hydrogens is 311 g/mol. The smallest absolute Gasteiger partial charge is 0.422 e. The molecule has 8 heteroatoms. The number of aryl methyl sites for hydroxylation is 1. The molecular formula is C15H16F3N3O2. The van der Waals surface area contributed by atoms with Gasteiger partial charge in [-0.2, -0.15) is 18.3 Å². The molecule has 0 radical (unpaired) electrons. The molecule has 0 aliphatic carbocycles. The number of ether oxygens (including phenoxy) is 1. The molecule has 0 aliphatic heterocycles. The maximum Gasteiger partial charge on any atom is 0.422 e. The molecule has 0 saturated heterocycles. The van der Waals surface area contributed by atoms with E-state index in [0.29, 0.717) is 12.1 Å². The minimum atomic E-state index is -4.37. The Balaban J connectivity index is 1.85. The van der Waals surface area contributed by atoms with E-state index in [9.17, 15) is 18.0 Å². The fraction of sp³-hybridized carbons (Fsp3) is 0.333. The number of rotatable bonds is 6. The second-order valence-electron chi connectivity index (χ2n) is 4.82. The molecule has 0 fully saturated rings. The van der Waals surface area contributed by atoms with Crippen molar-refractivity contribution in [1.82, 2.24) is 15.1 Å². The van der Waals surface area contributed by atoms with Crippen LogP contribution in [0.2, 0.25) is 0 Å². The second-order valence-corrected chi connectivity index (χ2v) is 4.82. The molecule has 0 unspecified atom stereocenters. The highest BCUT2D eigenvalue weighted by Crippen LogP contribution is 2.18. The van der Waals surface area contributed by atoms with Crippen molar-refractivity contribution in [3.8, 4) is 5.75 Å². The third-order valence-electron chi connectivity index (χ3n) is 3.00. The Bertz CT molecular complexity index is 651. The van der Waals surface area contributed by atoms with E-state index in [0.717, 1.165) is 5.56 Å². The van der Waals surface area contributed by atoms with Gasteiger partial charge in [0.25, 0.3) is 5.91 Å². The van der Waals surface area contributed by atoms with Crippen LogP contribution in [0.1, 0.15) is 22.8 Å². The van der Waals surface area contributed by atoms with Crippen molar-refractivity contribution < 1.29 is 22.7 Å². The number of hydrogen-bond donors (Lipinski definition) is 1. The lowest BCUT2D eigenvalue weighted by atomic mass is 10.2. The highest BCUT2D eigenvalue weighted by Gasteiger charge is 2.28. The van der Waals surface area contributed by atoms with Crippen LogP contribution in [0.5, 0.6) is 5.75 Å². The van der Waals surface area contributed by atoms with Gasteiger partial charge in [-0.15, -0.1) is 0 Å². The van der Waals surface area contributed by atoms with Gasteiger partial charge in [0.05, 0.1) is 11.8 Å². The van der Waals surface area contributed by atoms with Crippen molar-refractivity contribution in [3.63, 3.8) is 0 Å². The number of nitrogens with one attached hydrogen (secondary N) is 1. The summed E-state index contributed by atoms with van der Waals surface area (Å²) in [6.07, 6.45) is -1.24. The lowest BCUT2D eigenvalue weighted by molar-refractivity contribution is -0.153. The highest BCUT2D eigenvalue weighted by atomic mass is 19.4. The average molecular weight is 327 g/mol. The predicted molar refractivity (Wildman–Crippen MR) is 77.1 cm³/mol. The highest BCUT2D eigenvalue weighted by molar-refractivity contribution is 5.93. The van der Waals surface area contributed by atoms with E-state index in [1.807, 2.05) is 6.92 Å². The van der Waals surface area contributed by atoms with Gasteiger partial charge in [-0.25, -0.2) is 0 Å². The normalized spacial score (nSPS) is 11.3. The molecule has 0 spiro atoms. The van der Waals surface area contributed by atoms with Crippen molar-refractivity contribution in [2.45, 2.75) is 26.2 Å². The van der Waals surface area contributed by atoms with Gasteiger partial charge in [-0.1, -0.05) is 12.1 Å². The Morgan fingerprint density at radius 3 is 2.57 bits per heavy atom. The van der Waals surface area contributed by atoms with Crippen LogP contribution in [0.25, 0.3) is 0 Å². The lowest BCUT2D eigenvalue weighted by Gasteiger charge is -2.09. The molecule has 5 nitrogen and oxygen atoms in total. The molecule has 1 aromatic carbocycles. The Morgan fingerprint density at radius 1 is 1.30 bits per heavy atom. The van der Waals surface area contributed by atoms with Crippen LogP contribution < -0.4 is 10.1 Å². The maximum absolute atomic E-state index is 12.0. The summed E-state index contributed by atoms with van der Waals surface area (Å²) >= 11 is 0. The Morgan fingerprint density at radius 2 is 2.00 bits per heavy atom. The first-order valence-corrected chi connectivity index (χ1v) is 6.96. The zero-order valence-corrected chi connectivity index (χ0v) is 12.4. The molecule has 1 N–H and O–H groups in total. The minimum Gasteiger partial charge on any atom is -0.484 e. The third-order valence-corrected chi connectivity index (χ3v) is 3.00. The van der Waals surface area contributed by atoms with E-state index in [-0.39, 0.29) is 18.2 Å². The molecule has 1 aromatic heterocycles. The van der Waals surface area contributed by atoms with Crippen molar-refractivity contribution in [3.05, 3.63) is 47.8 Å². The first-order chi connectivity index (χ1) is 10.9. The van der Waals surface area contributed by atoms with Crippen LogP contribution in [-0.4, -0.2) is 28.5 Å². The molecule has 1 amide bonds. The van der Waals surface area contributed by atoms with Gasteiger partial charge in [0, 0.05) is 19.3 Å². The zero-order valence-electron chi connectivity index (χ0n) is 12.4. The molecule has 1 heterocycles. The molecule has 0 aliphatic rings. The number of nitrogens with zero attached hydrogens (tertiary/aromatic N) is 2. The summed E-state index contributed by atoms with van der Waals surface area (Å²) in [7, 11) is 0. The topological polar surface area (TPSA) is 56.2 Å². The van der Waals surface area contributed by atoms with Crippen LogP contribution in [-0.2, 0) is 13.1 Å². The van der Waals surface area contributed by atoms with Crippen LogP contribution in [0, 0.1) is 0 Å². The average Bonchev–Trinajstić information content (AvgIpc) is 3.00. The quantitative estimate of drug-likeness (QED) is 0.887. The van der Waals surface area contributed by atoms with E-state index in [1.165, 1.54) is 18.3 Å². The third kappa shape index (κ3) is 5.32. The van der Waals surface area contributed by atoms with Gasteiger partial charge in [0.15, 0.2) is 6.61 Å². The monoisotopic (exact) mass is 327 g/mol. The van der Waals surface area contributed by atoms with Crippen molar-refractivity contribution in [1.29, 1.82) is 0 Å². The summed E-state index contributed by atoms with van der Waals surface area (Å²) in [5, 5.41) is 6.73. The number of halogens is 3. The zero-order chi connectivity index (χ0) is 16.9. The lowest BCUT2D eigenvalue weighted by Crippen LogP contribution is -2.22. The minimum absolute atomic E-state index is 0.127. The number of carbonyl (C=O) groups excluding carboxylic acids is 1. The van der Waals surface area contributed by atoms with Crippen LogP contribution >= 0.6 is 0 Å². The Labute approximate surface area is 131 Å². The summed E-state index contributed by atoms with van der Waals surface area (Å²) in [4.78, 5) is 11.9. The van der Waals surface area contributed by atoms with Crippen LogP contribution in [0.15, 0.2) is 36.7 Å². The van der Waals surface area contributed by atoms with Crippen molar-refractivity contribution in [2.75, 3.05) is 6.61 Å². The molecule has 124 valence electrons. The molecule has 0 bridgehead atoms. The van der Waals surface area contributed by atoms with Gasteiger partial charge < -0.3 is 10.1 Å². The number of amides is 1. The molecule has 2 rings (SSSR count). The van der Waals surface area contributed by atoms with Gasteiger partial charge in [0.1, 0.15) is 5.75 Å². The van der Waals surface area contributed by atoms with E-state index in [1.54, 1.807) is 23.0 Å². The van der Waals surface area contributed by atoms with Gasteiger partial charge in [-0.05, 0) is 24.6 Å². The first-order valence-electron chi connectivity index (χ1n) is 6.96. The second kappa shape index (κ2) is 7.17. The van der Waals surface area contributed by atoms with E-state index in [4.69, 9.17) is 0 Å². The fourth-order valence-electron chi connectivity index (χ4n) is 1.81. The van der Waals surface area contributed by atoms with Crippen LogP contribution in [0.3, 0.4) is 0 Å². The summed E-state index contributed by atoms with van der Waals surface area (Å²) in [6.45, 7) is 1.52. The summed E-state index contributed by atoms with van der Waals surface area (Å²) in [6, 6.07) is 6.06. The van der Waals surface area contributed by atoms with Crippen molar-refractivity contribution in [2.24, 2.45) is 0 Å².